The first-order valence-electron chi connectivity index (χ1n) is 8.69. The second-order valence-corrected chi connectivity index (χ2v) is 7.68. The molecule has 0 bridgehead atoms. The van der Waals surface area contributed by atoms with Crippen molar-refractivity contribution in [3.8, 4) is 0 Å². The fraction of sp³-hybridized carbons (Fsp3) is 0.579. The first kappa shape index (κ1) is 18.8. The number of carbonyl (C=O) groups is 2. The number of nitrogens with one attached hydrogen (secondary N) is 1. The summed E-state index contributed by atoms with van der Waals surface area (Å²) in [5.74, 6) is 1.24. The highest BCUT2D eigenvalue weighted by molar-refractivity contribution is 7.99. The van der Waals surface area contributed by atoms with Crippen LogP contribution in [0.5, 0.6) is 0 Å². The molecule has 3 atom stereocenters. The molecule has 2 rings (SSSR count). The Morgan fingerprint density at radius 1 is 1.21 bits per heavy atom. The summed E-state index contributed by atoms with van der Waals surface area (Å²) in [6.07, 6.45) is 3.69. The van der Waals surface area contributed by atoms with Crippen molar-refractivity contribution in [3.63, 3.8) is 0 Å². The molecule has 0 unspecified atom stereocenters. The Kier molecular flexibility index (Phi) is 7.63. The van der Waals surface area contributed by atoms with Crippen molar-refractivity contribution in [1.29, 1.82) is 0 Å². The van der Waals surface area contributed by atoms with Crippen LogP contribution in [0.2, 0.25) is 0 Å². The van der Waals surface area contributed by atoms with Gasteiger partial charge in [-0.05, 0) is 30.4 Å². The molecule has 1 N–H and O–H groups in total. The summed E-state index contributed by atoms with van der Waals surface area (Å²) >= 11 is 1.61. The van der Waals surface area contributed by atoms with E-state index in [-0.39, 0.29) is 24.5 Å². The average Bonchev–Trinajstić information content (AvgIpc) is 2.58. The summed E-state index contributed by atoms with van der Waals surface area (Å²) in [6.45, 7) is 4.24. The number of rotatable bonds is 7. The number of hydrogen-bond acceptors (Lipinski definition) is 4. The zero-order valence-electron chi connectivity index (χ0n) is 14.5. The lowest BCUT2D eigenvalue weighted by Gasteiger charge is -2.34. The summed E-state index contributed by atoms with van der Waals surface area (Å²) in [7, 11) is 0. The van der Waals surface area contributed by atoms with E-state index in [0.29, 0.717) is 24.0 Å². The maximum absolute atomic E-state index is 12.0. The second-order valence-electron chi connectivity index (χ2n) is 6.51. The Bertz CT molecular complexity index is 535. The number of ether oxygens (including phenoxy) is 1. The Morgan fingerprint density at radius 3 is 2.71 bits per heavy atom. The van der Waals surface area contributed by atoms with Gasteiger partial charge in [0, 0.05) is 16.7 Å². The Morgan fingerprint density at radius 2 is 1.96 bits per heavy atom. The lowest BCUT2D eigenvalue weighted by atomic mass is 9.78. The van der Waals surface area contributed by atoms with E-state index < -0.39 is 0 Å². The third kappa shape index (κ3) is 6.19. The third-order valence-electron chi connectivity index (χ3n) is 4.74. The van der Waals surface area contributed by atoms with Crippen LogP contribution in [-0.4, -0.2) is 30.3 Å². The molecule has 1 aliphatic rings. The van der Waals surface area contributed by atoms with Crippen LogP contribution in [0, 0.1) is 11.8 Å². The predicted molar refractivity (Wildman–Crippen MR) is 96.9 cm³/mol. The second kappa shape index (κ2) is 9.72. The smallest absolute Gasteiger partial charge is 0.307 e. The van der Waals surface area contributed by atoms with E-state index in [1.165, 1.54) is 6.42 Å². The maximum atomic E-state index is 12.0. The van der Waals surface area contributed by atoms with E-state index in [4.69, 9.17) is 4.74 Å². The summed E-state index contributed by atoms with van der Waals surface area (Å²) < 4.78 is 5.08. The van der Waals surface area contributed by atoms with Crippen LogP contribution in [-0.2, 0) is 14.3 Å². The summed E-state index contributed by atoms with van der Waals surface area (Å²) in [6, 6.07) is 10.1. The van der Waals surface area contributed by atoms with Crippen LogP contribution < -0.4 is 5.32 Å². The fourth-order valence-corrected chi connectivity index (χ4v) is 3.88. The van der Waals surface area contributed by atoms with Gasteiger partial charge in [-0.15, -0.1) is 11.8 Å². The molecule has 0 radical (unpaired) electrons. The van der Waals surface area contributed by atoms with Crippen molar-refractivity contribution in [2.24, 2.45) is 11.8 Å². The van der Waals surface area contributed by atoms with Gasteiger partial charge in [-0.3, -0.25) is 9.59 Å². The van der Waals surface area contributed by atoms with Gasteiger partial charge >= 0.3 is 5.97 Å². The topological polar surface area (TPSA) is 55.4 Å². The molecule has 4 nitrogen and oxygen atoms in total. The molecule has 132 valence electrons. The number of carbonyl (C=O) groups excluding carboxylic acids is 2. The normalized spacial score (nSPS) is 23.5. The Hall–Kier alpha value is -1.49. The number of benzene rings is 1. The first-order chi connectivity index (χ1) is 11.6. The Balaban J connectivity index is 1.61. The Labute approximate surface area is 148 Å². The van der Waals surface area contributed by atoms with Crippen LogP contribution in [0.1, 0.15) is 39.5 Å². The van der Waals surface area contributed by atoms with Crippen LogP contribution >= 0.6 is 11.8 Å². The maximum Gasteiger partial charge on any atom is 0.307 e. The minimum absolute atomic E-state index is 0.174. The van der Waals surface area contributed by atoms with Crippen LogP contribution in [0.15, 0.2) is 35.2 Å². The molecule has 1 saturated carbocycles. The molecule has 1 aromatic carbocycles. The highest BCUT2D eigenvalue weighted by Crippen LogP contribution is 2.29. The van der Waals surface area contributed by atoms with E-state index >= 15 is 0 Å². The molecule has 0 saturated heterocycles. The molecule has 0 aromatic heterocycles. The molecule has 1 aliphatic carbocycles. The van der Waals surface area contributed by atoms with E-state index in [0.717, 1.165) is 17.7 Å². The monoisotopic (exact) mass is 349 g/mol. The van der Waals surface area contributed by atoms with E-state index in [2.05, 4.69) is 19.2 Å². The number of esters is 1. The molecular weight excluding hydrogens is 322 g/mol. The number of amides is 1. The van der Waals surface area contributed by atoms with Crippen molar-refractivity contribution in [3.05, 3.63) is 30.3 Å². The summed E-state index contributed by atoms with van der Waals surface area (Å²) in [5, 5.41) is 3.01. The summed E-state index contributed by atoms with van der Waals surface area (Å²) in [5.41, 5.74) is 0. The molecular formula is C19H27NO3S. The molecule has 5 heteroatoms. The number of hydrogen-bond donors (Lipinski definition) is 1. The highest BCUT2D eigenvalue weighted by atomic mass is 32.2. The quantitative estimate of drug-likeness (QED) is 0.603. The highest BCUT2D eigenvalue weighted by Gasteiger charge is 2.28. The average molecular weight is 349 g/mol. The van der Waals surface area contributed by atoms with Crippen LogP contribution in [0.25, 0.3) is 0 Å². The van der Waals surface area contributed by atoms with Crippen molar-refractivity contribution < 1.29 is 14.3 Å². The van der Waals surface area contributed by atoms with E-state index in [1.54, 1.807) is 11.8 Å². The van der Waals surface area contributed by atoms with Gasteiger partial charge < -0.3 is 10.1 Å². The largest absolute Gasteiger partial charge is 0.456 e. The van der Waals surface area contributed by atoms with Gasteiger partial charge in [0.2, 0.25) is 0 Å². The predicted octanol–water partition coefficient (Wildman–Crippen LogP) is 3.65. The molecule has 24 heavy (non-hydrogen) atoms. The summed E-state index contributed by atoms with van der Waals surface area (Å²) in [4.78, 5) is 24.8. The molecule has 0 spiro atoms. The van der Waals surface area contributed by atoms with Crippen molar-refractivity contribution in [1.82, 2.24) is 5.32 Å². The van der Waals surface area contributed by atoms with Gasteiger partial charge in [0.1, 0.15) is 0 Å². The first-order valence-corrected chi connectivity index (χ1v) is 9.67. The minimum atomic E-state index is -0.321. The molecule has 0 aliphatic heterocycles. The van der Waals surface area contributed by atoms with Gasteiger partial charge in [0.25, 0.3) is 5.91 Å². The third-order valence-corrected chi connectivity index (χ3v) is 5.75. The standard InChI is InChI=1S/C19H27NO3S/c1-14-7-6-10-17(15(14)2)20-18(21)13-23-19(22)11-12-24-16-8-4-3-5-9-16/h3-5,8-9,14-15,17H,6-7,10-13H2,1-2H3,(H,20,21)/t14-,15-,17-/m1/s1. The van der Waals surface area contributed by atoms with Gasteiger partial charge in [-0.2, -0.15) is 0 Å². The number of thioether (sulfide) groups is 1. The van der Waals surface area contributed by atoms with E-state index in [9.17, 15) is 9.59 Å². The van der Waals surface area contributed by atoms with Crippen LogP contribution in [0.4, 0.5) is 0 Å². The zero-order chi connectivity index (χ0) is 17.4. The SMILES string of the molecule is C[C@@H]1[C@H](C)CCC[C@H]1NC(=O)COC(=O)CCSc1ccccc1. The van der Waals surface area contributed by atoms with Gasteiger partial charge in [-0.1, -0.05) is 44.9 Å². The van der Waals surface area contributed by atoms with Gasteiger partial charge in [0.15, 0.2) is 6.61 Å². The minimum Gasteiger partial charge on any atom is -0.456 e. The lowest BCUT2D eigenvalue weighted by Crippen LogP contribution is -2.45. The van der Waals surface area contributed by atoms with E-state index in [1.807, 2.05) is 30.3 Å². The molecule has 1 aromatic rings. The van der Waals surface area contributed by atoms with Crippen molar-refractivity contribution >= 4 is 23.6 Å². The molecule has 0 heterocycles. The fourth-order valence-electron chi connectivity index (χ4n) is 3.02. The van der Waals surface area contributed by atoms with Crippen LogP contribution in [0.3, 0.4) is 0 Å². The van der Waals surface area contributed by atoms with Crippen molar-refractivity contribution in [2.75, 3.05) is 12.4 Å². The molecule has 1 amide bonds. The zero-order valence-corrected chi connectivity index (χ0v) is 15.3. The van der Waals surface area contributed by atoms with Gasteiger partial charge in [0.05, 0.1) is 6.42 Å². The van der Waals surface area contributed by atoms with Gasteiger partial charge in [-0.25, -0.2) is 0 Å². The lowest BCUT2D eigenvalue weighted by molar-refractivity contribution is -0.148. The molecule has 1 fully saturated rings. The van der Waals surface area contributed by atoms with Crippen molar-refractivity contribution in [2.45, 2.75) is 50.5 Å².